The molecule has 0 saturated carbocycles. The lowest BCUT2D eigenvalue weighted by Gasteiger charge is -2.40. The first kappa shape index (κ1) is 13.8. The summed E-state index contributed by atoms with van der Waals surface area (Å²) in [7, 11) is 0. The molecule has 0 bridgehead atoms. The van der Waals surface area contributed by atoms with Crippen LogP contribution >= 0.6 is 47.8 Å². The predicted molar refractivity (Wildman–Crippen MR) is 78.6 cm³/mol. The molecule has 0 N–H and O–H groups in total. The zero-order chi connectivity index (χ0) is 12.5. The van der Waals surface area contributed by atoms with Crippen molar-refractivity contribution >= 4 is 47.8 Å². The van der Waals surface area contributed by atoms with Gasteiger partial charge in [0.2, 0.25) is 0 Å². The van der Waals surface area contributed by atoms with Gasteiger partial charge in [0.05, 0.1) is 29.7 Å². The zero-order valence-corrected chi connectivity index (χ0v) is 14.2. The van der Waals surface area contributed by atoms with E-state index in [1.165, 1.54) is 0 Å². The summed E-state index contributed by atoms with van der Waals surface area (Å²) in [5.74, 6) is 0.861. The molecule has 1 aliphatic heterocycles. The minimum Gasteiger partial charge on any atom is -0.492 e. The van der Waals surface area contributed by atoms with E-state index in [0.717, 1.165) is 38.8 Å². The summed E-state index contributed by atoms with van der Waals surface area (Å²) < 4.78 is 14.1. The fraction of sp³-hybridized carbons (Fsp3) is 0.500. The minimum atomic E-state index is 0.207. The van der Waals surface area contributed by atoms with Gasteiger partial charge in [-0.3, -0.25) is 0 Å². The minimum absolute atomic E-state index is 0.207. The molecule has 0 amide bonds. The van der Waals surface area contributed by atoms with Gasteiger partial charge in [0.15, 0.2) is 0 Å². The van der Waals surface area contributed by atoms with Gasteiger partial charge in [0.25, 0.3) is 0 Å². The number of hydrogen-bond acceptors (Lipinski definition) is 2. The zero-order valence-electron chi connectivity index (χ0n) is 9.43. The smallest absolute Gasteiger partial charge is 0.134 e. The third-order valence-corrected chi connectivity index (χ3v) is 6.44. The summed E-state index contributed by atoms with van der Waals surface area (Å²) in [4.78, 5) is 0. The summed E-state index contributed by atoms with van der Waals surface area (Å²) in [6, 6.07) is 3.93. The molecule has 0 spiro atoms. The maximum atomic E-state index is 5.89. The van der Waals surface area contributed by atoms with Crippen molar-refractivity contribution in [2.24, 2.45) is 5.41 Å². The van der Waals surface area contributed by atoms with Crippen molar-refractivity contribution in [2.45, 2.75) is 13.3 Å². The normalized spacial score (nSPS) is 17.6. The monoisotopic (exact) mass is 426 g/mol. The van der Waals surface area contributed by atoms with Crippen LogP contribution in [0.5, 0.6) is 5.75 Å². The molecule has 94 valence electrons. The van der Waals surface area contributed by atoms with Crippen molar-refractivity contribution in [3.63, 3.8) is 0 Å². The Morgan fingerprint density at radius 2 is 1.94 bits per heavy atom. The number of benzene rings is 1. The molecule has 1 aromatic carbocycles. The van der Waals surface area contributed by atoms with E-state index in [1.807, 2.05) is 12.1 Å². The Bertz CT molecular complexity index is 411. The highest BCUT2D eigenvalue weighted by molar-refractivity contribution is 9.14. The summed E-state index contributed by atoms with van der Waals surface area (Å²) in [5, 5.41) is 0. The third kappa shape index (κ3) is 2.88. The van der Waals surface area contributed by atoms with E-state index in [4.69, 9.17) is 9.47 Å². The average Bonchev–Trinajstić information content (AvgIpc) is 2.28. The van der Waals surface area contributed by atoms with Crippen LogP contribution in [-0.4, -0.2) is 19.8 Å². The fourth-order valence-corrected chi connectivity index (χ4v) is 3.01. The van der Waals surface area contributed by atoms with Crippen molar-refractivity contribution < 1.29 is 9.47 Å². The summed E-state index contributed by atoms with van der Waals surface area (Å²) in [5.41, 5.74) is 0.207. The second-order valence-corrected chi connectivity index (χ2v) is 6.75. The molecule has 17 heavy (non-hydrogen) atoms. The second-order valence-electron chi connectivity index (χ2n) is 4.31. The van der Waals surface area contributed by atoms with Gasteiger partial charge < -0.3 is 9.47 Å². The molecule has 1 aromatic rings. The van der Waals surface area contributed by atoms with Crippen LogP contribution in [0.25, 0.3) is 0 Å². The maximum Gasteiger partial charge on any atom is 0.134 e. The first-order valence-corrected chi connectivity index (χ1v) is 7.80. The van der Waals surface area contributed by atoms with Gasteiger partial charge in [-0.15, -0.1) is 0 Å². The molecule has 1 heterocycles. The first-order chi connectivity index (χ1) is 8.08. The van der Waals surface area contributed by atoms with E-state index in [-0.39, 0.29) is 5.41 Å². The van der Waals surface area contributed by atoms with Crippen molar-refractivity contribution in [1.82, 2.24) is 0 Å². The van der Waals surface area contributed by atoms with Crippen LogP contribution in [0.2, 0.25) is 0 Å². The summed E-state index contributed by atoms with van der Waals surface area (Å²) in [6.45, 7) is 4.49. The van der Waals surface area contributed by atoms with Crippen LogP contribution in [-0.2, 0) is 4.74 Å². The molecule has 1 aliphatic rings. The highest BCUT2D eigenvalue weighted by Gasteiger charge is 2.37. The molecule has 5 heteroatoms. The van der Waals surface area contributed by atoms with Crippen LogP contribution in [0.15, 0.2) is 25.6 Å². The van der Waals surface area contributed by atoms with Gasteiger partial charge in [-0.1, -0.05) is 6.92 Å². The van der Waals surface area contributed by atoms with E-state index in [2.05, 4.69) is 54.7 Å². The van der Waals surface area contributed by atoms with Crippen LogP contribution in [0.4, 0.5) is 0 Å². The van der Waals surface area contributed by atoms with E-state index >= 15 is 0 Å². The molecule has 1 fully saturated rings. The number of ether oxygens (including phenoxy) is 2. The van der Waals surface area contributed by atoms with Gasteiger partial charge in [-0.25, -0.2) is 0 Å². The fourth-order valence-electron chi connectivity index (χ4n) is 1.63. The Morgan fingerprint density at radius 1 is 1.24 bits per heavy atom. The van der Waals surface area contributed by atoms with E-state index in [9.17, 15) is 0 Å². The summed E-state index contributed by atoms with van der Waals surface area (Å²) >= 11 is 10.5. The Balaban J connectivity index is 2.07. The molecule has 1 saturated heterocycles. The van der Waals surface area contributed by atoms with Crippen LogP contribution in [0.3, 0.4) is 0 Å². The molecule has 0 radical (unpaired) electrons. The quantitative estimate of drug-likeness (QED) is 0.642. The standard InChI is InChI=1S/C12H13Br3O2/c1-2-12(5-16-6-12)7-17-9-4-3-8(13)10(14)11(9)15/h3-4H,2,5-7H2,1H3. The molecular formula is C12H13Br3O2. The third-order valence-electron chi connectivity index (χ3n) is 3.10. The van der Waals surface area contributed by atoms with Crippen LogP contribution in [0, 0.1) is 5.41 Å². The largest absolute Gasteiger partial charge is 0.492 e. The molecular weight excluding hydrogens is 416 g/mol. The van der Waals surface area contributed by atoms with E-state index in [0.29, 0.717) is 6.61 Å². The van der Waals surface area contributed by atoms with Gasteiger partial charge in [-0.05, 0) is 66.3 Å². The van der Waals surface area contributed by atoms with Crippen molar-refractivity contribution in [3.05, 3.63) is 25.6 Å². The predicted octanol–water partition coefficient (Wildman–Crippen LogP) is 4.78. The van der Waals surface area contributed by atoms with Crippen molar-refractivity contribution in [1.29, 1.82) is 0 Å². The molecule has 2 nitrogen and oxygen atoms in total. The number of rotatable bonds is 4. The molecule has 0 aliphatic carbocycles. The van der Waals surface area contributed by atoms with Gasteiger partial charge in [0.1, 0.15) is 5.75 Å². The Kier molecular flexibility index (Phi) is 4.55. The van der Waals surface area contributed by atoms with Gasteiger partial charge in [0, 0.05) is 8.95 Å². The van der Waals surface area contributed by atoms with Crippen LogP contribution < -0.4 is 4.74 Å². The van der Waals surface area contributed by atoms with E-state index < -0.39 is 0 Å². The van der Waals surface area contributed by atoms with E-state index in [1.54, 1.807) is 0 Å². The maximum absolute atomic E-state index is 5.89. The topological polar surface area (TPSA) is 18.5 Å². The number of halogens is 3. The van der Waals surface area contributed by atoms with Crippen molar-refractivity contribution in [2.75, 3.05) is 19.8 Å². The highest BCUT2D eigenvalue weighted by Crippen LogP contribution is 2.39. The van der Waals surface area contributed by atoms with Crippen LogP contribution in [0.1, 0.15) is 13.3 Å². The molecule has 0 unspecified atom stereocenters. The lowest BCUT2D eigenvalue weighted by atomic mass is 9.84. The lowest BCUT2D eigenvalue weighted by Crippen LogP contribution is -2.46. The van der Waals surface area contributed by atoms with Crippen molar-refractivity contribution in [3.8, 4) is 5.75 Å². The van der Waals surface area contributed by atoms with Gasteiger partial charge in [-0.2, -0.15) is 0 Å². The average molecular weight is 429 g/mol. The lowest BCUT2D eigenvalue weighted by molar-refractivity contribution is -0.133. The Morgan fingerprint density at radius 3 is 2.47 bits per heavy atom. The molecule has 0 atom stereocenters. The first-order valence-electron chi connectivity index (χ1n) is 5.42. The number of hydrogen-bond donors (Lipinski definition) is 0. The molecule has 0 aromatic heterocycles. The summed E-state index contributed by atoms with van der Waals surface area (Å²) in [6.07, 6.45) is 1.09. The Hall–Kier alpha value is 0.420. The second kappa shape index (κ2) is 5.59. The highest BCUT2D eigenvalue weighted by atomic mass is 79.9. The SMILES string of the molecule is CCC1(COc2ccc(Br)c(Br)c2Br)COC1. The Labute approximate surface area is 126 Å². The molecule has 2 rings (SSSR count). The van der Waals surface area contributed by atoms with Gasteiger partial charge >= 0.3 is 0 Å².